The van der Waals surface area contributed by atoms with Crippen molar-refractivity contribution in [3.63, 3.8) is 0 Å². The number of Topliss-reactive ketones (excluding diaryl/α,β-unsaturated/α-hetero) is 1. The van der Waals surface area contributed by atoms with Crippen LogP contribution in [0.3, 0.4) is 0 Å². The Balaban J connectivity index is 3.15. The van der Waals surface area contributed by atoms with E-state index in [0.717, 1.165) is 0 Å². The number of carbonyl (C=O) groups excluding carboxylic acids is 1. The summed E-state index contributed by atoms with van der Waals surface area (Å²) in [6.07, 6.45) is 0. The van der Waals surface area contributed by atoms with Crippen LogP contribution in [0.5, 0.6) is 0 Å². The van der Waals surface area contributed by atoms with E-state index in [1.807, 2.05) is 0 Å². The van der Waals surface area contributed by atoms with Crippen molar-refractivity contribution in [1.29, 1.82) is 0 Å². The molecule has 0 aliphatic rings. The zero-order chi connectivity index (χ0) is 7.72. The zero-order valence-electron chi connectivity index (χ0n) is 5.64. The Morgan fingerprint density at radius 3 is 2.50 bits per heavy atom. The molecule has 1 aromatic heterocycles. The summed E-state index contributed by atoms with van der Waals surface area (Å²) in [4.78, 5) is 14.4. The van der Waals surface area contributed by atoms with Gasteiger partial charge < -0.3 is 4.42 Å². The molecule has 1 heterocycles. The van der Waals surface area contributed by atoms with Gasteiger partial charge in [0, 0.05) is 6.92 Å². The second-order valence-corrected chi connectivity index (χ2v) is 2.26. The molecule has 10 heavy (non-hydrogen) atoms. The third-order valence-corrected chi connectivity index (χ3v) is 1.25. The summed E-state index contributed by atoms with van der Waals surface area (Å²) >= 11 is 5.38. The molecule has 0 fully saturated rings. The summed E-state index contributed by atoms with van der Waals surface area (Å²) in [5, 5.41) is 0.0164. The van der Waals surface area contributed by atoms with Gasteiger partial charge in [-0.1, -0.05) is 0 Å². The minimum Gasteiger partial charge on any atom is -0.424 e. The van der Waals surface area contributed by atoms with E-state index < -0.39 is 0 Å². The normalized spacial score (nSPS) is 9.90. The van der Waals surface area contributed by atoms with Gasteiger partial charge in [-0.25, -0.2) is 4.98 Å². The molecular formula is C6H6ClNO2. The van der Waals surface area contributed by atoms with Gasteiger partial charge in [-0.05, 0) is 18.5 Å². The molecule has 0 aliphatic carbocycles. The molecule has 4 heteroatoms. The molecule has 0 N–H and O–H groups in total. The maximum atomic E-state index is 10.7. The fraction of sp³-hybridized carbons (Fsp3) is 0.333. The van der Waals surface area contributed by atoms with Gasteiger partial charge in [0.1, 0.15) is 0 Å². The van der Waals surface area contributed by atoms with Gasteiger partial charge >= 0.3 is 0 Å². The lowest BCUT2D eigenvalue weighted by Gasteiger charge is -1.84. The maximum absolute atomic E-state index is 10.7. The van der Waals surface area contributed by atoms with E-state index in [1.54, 1.807) is 6.92 Å². The van der Waals surface area contributed by atoms with E-state index in [-0.39, 0.29) is 16.9 Å². The molecule has 3 nitrogen and oxygen atoms in total. The van der Waals surface area contributed by atoms with Crippen LogP contribution in [0, 0.1) is 6.92 Å². The lowest BCUT2D eigenvalue weighted by Crippen LogP contribution is -1.90. The highest BCUT2D eigenvalue weighted by atomic mass is 35.5. The molecule has 1 aromatic rings. The van der Waals surface area contributed by atoms with Gasteiger partial charge in [0.15, 0.2) is 11.5 Å². The van der Waals surface area contributed by atoms with Gasteiger partial charge in [-0.15, -0.1) is 0 Å². The van der Waals surface area contributed by atoms with E-state index >= 15 is 0 Å². The van der Waals surface area contributed by atoms with Crippen LogP contribution in [0.25, 0.3) is 0 Å². The molecule has 0 spiro atoms. The number of nitrogens with zero attached hydrogens (tertiary/aromatic N) is 1. The second-order valence-electron chi connectivity index (χ2n) is 1.94. The van der Waals surface area contributed by atoms with Crippen LogP contribution >= 0.6 is 11.6 Å². The van der Waals surface area contributed by atoms with Gasteiger partial charge in [-0.2, -0.15) is 0 Å². The summed E-state index contributed by atoms with van der Waals surface area (Å²) < 4.78 is 4.78. The van der Waals surface area contributed by atoms with E-state index in [2.05, 4.69) is 4.98 Å². The smallest absolute Gasteiger partial charge is 0.292 e. The van der Waals surface area contributed by atoms with Crippen LogP contribution in [-0.2, 0) is 0 Å². The van der Waals surface area contributed by atoms with Crippen LogP contribution in [-0.4, -0.2) is 10.8 Å². The van der Waals surface area contributed by atoms with E-state index in [4.69, 9.17) is 16.0 Å². The van der Waals surface area contributed by atoms with Crippen molar-refractivity contribution in [2.75, 3.05) is 0 Å². The van der Waals surface area contributed by atoms with Crippen molar-refractivity contribution in [3.8, 4) is 0 Å². The standard InChI is InChI=1S/C6H6ClNO2/c1-3-5(4(2)9)10-6(7)8-3/h1-2H3. The predicted octanol–water partition coefficient (Wildman–Crippen LogP) is 1.84. The largest absolute Gasteiger partial charge is 0.424 e. The molecule has 0 unspecified atom stereocenters. The summed E-state index contributed by atoms with van der Waals surface area (Å²) in [6, 6.07) is 0. The highest BCUT2D eigenvalue weighted by Gasteiger charge is 2.11. The number of aromatic nitrogens is 1. The number of ketones is 1. The SMILES string of the molecule is CC(=O)c1oc(Cl)nc1C. The first-order chi connectivity index (χ1) is 4.61. The Morgan fingerprint density at radius 1 is 1.70 bits per heavy atom. The Morgan fingerprint density at radius 2 is 2.30 bits per heavy atom. The van der Waals surface area contributed by atoms with Crippen molar-refractivity contribution in [2.45, 2.75) is 13.8 Å². The number of rotatable bonds is 1. The molecule has 54 valence electrons. The summed E-state index contributed by atoms with van der Waals surface area (Å²) in [5.41, 5.74) is 0.539. The molecule has 0 aromatic carbocycles. The van der Waals surface area contributed by atoms with Crippen LogP contribution in [0.4, 0.5) is 0 Å². The Hall–Kier alpha value is -0.830. The Labute approximate surface area is 63.0 Å². The molecule has 0 radical (unpaired) electrons. The molecule has 0 saturated heterocycles. The fourth-order valence-electron chi connectivity index (χ4n) is 0.690. The van der Waals surface area contributed by atoms with Crippen LogP contribution in [0.15, 0.2) is 4.42 Å². The predicted molar refractivity (Wildman–Crippen MR) is 36.3 cm³/mol. The first-order valence-electron chi connectivity index (χ1n) is 2.75. The van der Waals surface area contributed by atoms with Gasteiger partial charge in [-0.3, -0.25) is 4.79 Å². The molecule has 0 atom stereocenters. The van der Waals surface area contributed by atoms with Crippen LogP contribution in [0.1, 0.15) is 23.2 Å². The van der Waals surface area contributed by atoms with E-state index in [1.165, 1.54) is 6.92 Å². The topological polar surface area (TPSA) is 43.1 Å². The van der Waals surface area contributed by atoms with Crippen molar-refractivity contribution < 1.29 is 9.21 Å². The second kappa shape index (κ2) is 2.42. The van der Waals surface area contributed by atoms with Crippen LogP contribution < -0.4 is 0 Å². The summed E-state index contributed by atoms with van der Waals surface area (Å²) in [6.45, 7) is 3.08. The molecule has 0 saturated carbocycles. The molecule has 1 rings (SSSR count). The number of carbonyl (C=O) groups is 1. The third-order valence-electron chi connectivity index (χ3n) is 1.09. The monoisotopic (exact) mass is 159 g/mol. The van der Waals surface area contributed by atoms with Crippen molar-refractivity contribution in [2.24, 2.45) is 0 Å². The molecule has 0 amide bonds. The van der Waals surface area contributed by atoms with Gasteiger partial charge in [0.25, 0.3) is 5.35 Å². The Kier molecular flexibility index (Phi) is 1.76. The quantitative estimate of drug-likeness (QED) is 0.588. The molecular weight excluding hydrogens is 154 g/mol. The average molecular weight is 160 g/mol. The van der Waals surface area contributed by atoms with E-state index in [0.29, 0.717) is 5.69 Å². The lowest BCUT2D eigenvalue weighted by molar-refractivity contribution is 0.0986. The highest BCUT2D eigenvalue weighted by molar-refractivity contribution is 6.27. The zero-order valence-corrected chi connectivity index (χ0v) is 6.40. The van der Waals surface area contributed by atoms with Gasteiger partial charge in [0.2, 0.25) is 0 Å². The maximum Gasteiger partial charge on any atom is 0.292 e. The number of hydrogen-bond donors (Lipinski definition) is 0. The van der Waals surface area contributed by atoms with Crippen LogP contribution in [0.2, 0.25) is 5.35 Å². The molecule has 0 bridgehead atoms. The number of halogens is 1. The molecule has 0 aliphatic heterocycles. The fourth-order valence-corrected chi connectivity index (χ4v) is 0.894. The number of oxazole rings is 1. The summed E-state index contributed by atoms with van der Waals surface area (Å²) in [7, 11) is 0. The van der Waals surface area contributed by atoms with Crippen molar-refractivity contribution in [3.05, 3.63) is 16.8 Å². The van der Waals surface area contributed by atoms with E-state index in [9.17, 15) is 4.79 Å². The van der Waals surface area contributed by atoms with Crippen molar-refractivity contribution in [1.82, 2.24) is 4.98 Å². The lowest BCUT2D eigenvalue weighted by atomic mass is 10.3. The average Bonchev–Trinajstić information content (AvgIpc) is 2.10. The van der Waals surface area contributed by atoms with Gasteiger partial charge in [0.05, 0.1) is 5.69 Å². The minimum atomic E-state index is -0.156. The Bertz CT molecular complexity index is 267. The third kappa shape index (κ3) is 1.19. The number of aryl methyl sites for hydroxylation is 1. The van der Waals surface area contributed by atoms with Crippen molar-refractivity contribution >= 4 is 17.4 Å². The minimum absolute atomic E-state index is 0.0164. The first kappa shape index (κ1) is 7.28. The first-order valence-corrected chi connectivity index (χ1v) is 3.13. The number of hydrogen-bond acceptors (Lipinski definition) is 3. The summed E-state index contributed by atoms with van der Waals surface area (Å²) in [5.74, 6) is 0.0851. The highest BCUT2D eigenvalue weighted by Crippen LogP contribution is 2.14.